The number of carbonyl (C=O) groups is 2. The molecule has 0 fully saturated rings. The van der Waals surface area contributed by atoms with Gasteiger partial charge in [0.15, 0.2) is 0 Å². The minimum Gasteiger partial charge on any atom is -0.480 e. The van der Waals surface area contributed by atoms with Crippen LogP contribution in [0, 0.1) is 28.9 Å². The van der Waals surface area contributed by atoms with E-state index in [-0.39, 0.29) is 11.3 Å². The SMILES string of the molecule is N#Cc1ccc(-c2ccc(CC(NC(=O)c3c(F)cc(NS(=O)(=O)c4ccc(-c5ccnc(F)c5)cc4)cc3F)C(=O)O)c3cccnc23)c(Cl)c1. The lowest BCUT2D eigenvalue weighted by molar-refractivity contribution is -0.139. The highest BCUT2D eigenvalue weighted by Gasteiger charge is 2.27. The maximum Gasteiger partial charge on any atom is 0.326 e. The van der Waals surface area contributed by atoms with Gasteiger partial charge in [0.1, 0.15) is 23.2 Å². The Morgan fingerprint density at radius 2 is 1.58 bits per heavy atom. The number of nitrogens with one attached hydrogen (secondary N) is 2. The van der Waals surface area contributed by atoms with Crippen LogP contribution in [0.25, 0.3) is 33.2 Å². The Bertz CT molecular complexity index is 2520. The fourth-order valence-electron chi connectivity index (χ4n) is 5.55. The van der Waals surface area contributed by atoms with Crippen molar-refractivity contribution in [3.63, 3.8) is 0 Å². The van der Waals surface area contributed by atoms with Crippen molar-refractivity contribution in [3.05, 3.63) is 143 Å². The summed E-state index contributed by atoms with van der Waals surface area (Å²) in [7, 11) is -4.37. The molecule has 1 unspecified atom stereocenters. The number of hydrogen-bond acceptors (Lipinski definition) is 7. The quantitative estimate of drug-likeness (QED) is 0.125. The first-order valence-corrected chi connectivity index (χ1v) is 17.0. The number of nitrogens with zero attached hydrogens (tertiary/aromatic N) is 3. The van der Waals surface area contributed by atoms with Crippen LogP contribution in [0.3, 0.4) is 0 Å². The minimum absolute atomic E-state index is 0.270. The fourth-order valence-corrected chi connectivity index (χ4v) is 6.87. The lowest BCUT2D eigenvalue weighted by Crippen LogP contribution is -2.43. The zero-order valence-electron chi connectivity index (χ0n) is 26.4. The lowest BCUT2D eigenvalue weighted by atomic mass is 9.94. The van der Waals surface area contributed by atoms with E-state index in [1.807, 2.05) is 6.07 Å². The maximum atomic E-state index is 15.2. The first kappa shape index (κ1) is 35.5. The lowest BCUT2D eigenvalue weighted by Gasteiger charge is -2.18. The van der Waals surface area contributed by atoms with Crippen molar-refractivity contribution >= 4 is 50.1 Å². The number of benzene rings is 4. The molecule has 0 bridgehead atoms. The molecule has 10 nitrogen and oxygen atoms in total. The highest BCUT2D eigenvalue weighted by Crippen LogP contribution is 2.35. The maximum absolute atomic E-state index is 15.2. The van der Waals surface area contributed by atoms with Crippen LogP contribution in [0.4, 0.5) is 18.9 Å². The number of carbonyl (C=O) groups excluding carboxylic acids is 1. The molecule has 0 saturated heterocycles. The number of halogens is 4. The van der Waals surface area contributed by atoms with Gasteiger partial charge >= 0.3 is 5.97 Å². The van der Waals surface area contributed by atoms with Gasteiger partial charge < -0.3 is 10.4 Å². The number of rotatable bonds is 10. The first-order valence-electron chi connectivity index (χ1n) is 15.2. The largest absolute Gasteiger partial charge is 0.480 e. The molecule has 4 aromatic carbocycles. The number of amides is 1. The third kappa shape index (κ3) is 7.41. The number of aromatic nitrogens is 2. The molecule has 52 heavy (non-hydrogen) atoms. The third-order valence-corrected chi connectivity index (χ3v) is 9.73. The summed E-state index contributed by atoms with van der Waals surface area (Å²) in [5.41, 5.74) is 1.70. The number of carboxylic acid groups (broad SMARTS) is 1. The minimum atomic E-state index is -4.37. The monoisotopic (exact) mass is 741 g/mol. The molecule has 1 atom stereocenters. The summed E-state index contributed by atoms with van der Waals surface area (Å²) < 4.78 is 72.0. The Kier molecular flexibility index (Phi) is 9.91. The second-order valence-electron chi connectivity index (χ2n) is 11.4. The fraction of sp³-hybridized carbons (Fsp3) is 0.0541. The van der Waals surface area contributed by atoms with Crippen LogP contribution in [0.2, 0.25) is 5.02 Å². The van der Waals surface area contributed by atoms with Gasteiger partial charge in [0.25, 0.3) is 15.9 Å². The highest BCUT2D eigenvalue weighted by atomic mass is 35.5. The molecule has 2 aromatic heterocycles. The van der Waals surface area contributed by atoms with E-state index in [9.17, 15) is 32.8 Å². The normalized spacial score (nSPS) is 11.8. The number of fused-ring (bicyclic) bond motifs is 1. The average molecular weight is 742 g/mol. The number of anilines is 1. The Balaban J connectivity index is 1.21. The van der Waals surface area contributed by atoms with Crippen molar-refractivity contribution in [2.24, 2.45) is 0 Å². The predicted molar refractivity (Wildman–Crippen MR) is 186 cm³/mol. The molecule has 0 aliphatic carbocycles. The molecule has 15 heteroatoms. The number of hydrogen-bond donors (Lipinski definition) is 3. The molecule has 0 aliphatic rings. The molecule has 2 heterocycles. The van der Waals surface area contributed by atoms with Crippen molar-refractivity contribution < 1.29 is 36.3 Å². The summed E-state index contributed by atoms with van der Waals surface area (Å²) in [5.74, 6) is -6.50. The van der Waals surface area contributed by atoms with Gasteiger partial charge in [-0.2, -0.15) is 9.65 Å². The van der Waals surface area contributed by atoms with Crippen molar-refractivity contribution in [1.29, 1.82) is 5.26 Å². The van der Waals surface area contributed by atoms with E-state index in [4.69, 9.17) is 11.6 Å². The van der Waals surface area contributed by atoms with Crippen LogP contribution >= 0.6 is 11.6 Å². The van der Waals surface area contributed by atoms with E-state index in [0.717, 1.165) is 6.07 Å². The summed E-state index contributed by atoms with van der Waals surface area (Å²) in [6.45, 7) is 0. The Morgan fingerprint density at radius 3 is 2.23 bits per heavy atom. The third-order valence-electron chi connectivity index (χ3n) is 8.02. The summed E-state index contributed by atoms with van der Waals surface area (Å²) in [6, 6.07) is 20.8. The van der Waals surface area contributed by atoms with Crippen LogP contribution in [0.5, 0.6) is 0 Å². The summed E-state index contributed by atoms with van der Waals surface area (Å²) in [4.78, 5) is 33.0. The second kappa shape index (κ2) is 14.5. The molecule has 0 saturated carbocycles. The van der Waals surface area contributed by atoms with Gasteiger partial charge in [-0.1, -0.05) is 48.0 Å². The molecule has 6 rings (SSSR count). The summed E-state index contributed by atoms with van der Waals surface area (Å²) in [6.07, 6.45) is 2.48. The van der Waals surface area contributed by atoms with Crippen LogP contribution in [0.15, 0.2) is 108 Å². The van der Waals surface area contributed by atoms with E-state index in [1.54, 1.807) is 36.4 Å². The van der Waals surface area contributed by atoms with Gasteiger partial charge in [0.2, 0.25) is 5.95 Å². The number of aliphatic carboxylic acids is 1. The van der Waals surface area contributed by atoms with Crippen molar-refractivity contribution in [1.82, 2.24) is 15.3 Å². The average Bonchev–Trinajstić information content (AvgIpc) is 3.11. The van der Waals surface area contributed by atoms with Gasteiger partial charge in [-0.3, -0.25) is 14.5 Å². The number of sulfonamides is 1. The molecule has 6 aromatic rings. The van der Waals surface area contributed by atoms with Crippen molar-refractivity contribution in [2.45, 2.75) is 17.4 Å². The smallest absolute Gasteiger partial charge is 0.326 e. The van der Waals surface area contributed by atoms with Crippen LogP contribution in [-0.2, 0) is 21.2 Å². The first-order chi connectivity index (χ1) is 24.8. The standard InChI is InChI=1S/C37H23ClF3N5O5S/c38-29-14-20(19-42)3-9-27(29)28-10-6-23(26-2-1-12-44-35(26)28)15-32(37(48)49)45-36(47)34-30(39)17-24(18-31(34)40)46-52(50,51)25-7-4-21(5-8-25)22-11-13-43-33(41)16-22/h1-14,16-18,32,46H,15H2,(H,45,47)(H,48,49). The molecule has 260 valence electrons. The van der Waals surface area contributed by atoms with E-state index < -0.39 is 56.8 Å². The second-order valence-corrected chi connectivity index (χ2v) is 13.4. The molecular formula is C37H23ClF3N5O5S. The van der Waals surface area contributed by atoms with Crippen molar-refractivity contribution in [3.8, 4) is 28.3 Å². The van der Waals surface area contributed by atoms with E-state index in [1.165, 1.54) is 48.8 Å². The molecule has 0 radical (unpaired) electrons. The number of carboxylic acids is 1. The van der Waals surface area contributed by atoms with E-state index in [0.29, 0.717) is 61.4 Å². The van der Waals surface area contributed by atoms with Gasteiger partial charge in [0.05, 0.1) is 27.7 Å². The molecule has 1 amide bonds. The van der Waals surface area contributed by atoms with E-state index >= 15 is 8.78 Å². The zero-order chi connectivity index (χ0) is 37.2. The Hall–Kier alpha value is -6.30. The summed E-state index contributed by atoms with van der Waals surface area (Å²) in [5, 5.41) is 22.1. The molecule has 3 N–H and O–H groups in total. The summed E-state index contributed by atoms with van der Waals surface area (Å²) >= 11 is 6.44. The predicted octanol–water partition coefficient (Wildman–Crippen LogP) is 7.13. The zero-order valence-corrected chi connectivity index (χ0v) is 28.0. The topological polar surface area (TPSA) is 162 Å². The van der Waals surface area contributed by atoms with Gasteiger partial charge in [-0.15, -0.1) is 0 Å². The van der Waals surface area contributed by atoms with Crippen LogP contribution < -0.4 is 10.0 Å². The Morgan fingerprint density at radius 1 is 0.865 bits per heavy atom. The van der Waals surface area contributed by atoms with E-state index in [2.05, 4.69) is 20.0 Å². The van der Waals surface area contributed by atoms with Crippen molar-refractivity contribution in [2.75, 3.05) is 4.72 Å². The number of nitriles is 1. The van der Waals surface area contributed by atoms with Gasteiger partial charge in [-0.05, 0) is 65.2 Å². The van der Waals surface area contributed by atoms with Gasteiger partial charge in [-0.25, -0.2) is 27.0 Å². The molecule has 0 spiro atoms. The molecular weight excluding hydrogens is 719 g/mol. The van der Waals surface area contributed by atoms with Crippen LogP contribution in [0.1, 0.15) is 21.5 Å². The number of pyridine rings is 2. The molecule has 0 aliphatic heterocycles. The van der Waals surface area contributed by atoms with Gasteiger partial charge in [0, 0.05) is 46.4 Å². The Labute approximate surface area is 299 Å². The highest BCUT2D eigenvalue weighted by molar-refractivity contribution is 7.92. The van der Waals surface area contributed by atoms with Crippen LogP contribution in [-0.4, -0.2) is 41.4 Å².